The van der Waals surface area contributed by atoms with Gasteiger partial charge in [-0.15, -0.1) is 0 Å². The van der Waals surface area contributed by atoms with E-state index in [0.717, 1.165) is 25.6 Å². The third-order valence-corrected chi connectivity index (χ3v) is 4.87. The van der Waals surface area contributed by atoms with Crippen LogP contribution in [-0.2, 0) is 6.18 Å². The summed E-state index contributed by atoms with van der Waals surface area (Å²) in [5, 5.41) is 3.28. The van der Waals surface area contributed by atoms with Crippen LogP contribution in [0.5, 0.6) is 0 Å². The molecule has 5 heteroatoms. The summed E-state index contributed by atoms with van der Waals surface area (Å²) in [7, 11) is 0. The van der Waals surface area contributed by atoms with E-state index in [1.54, 1.807) is 6.07 Å². The molecule has 1 unspecified atom stereocenters. The van der Waals surface area contributed by atoms with Gasteiger partial charge in [-0.25, -0.2) is 0 Å². The van der Waals surface area contributed by atoms with Crippen molar-refractivity contribution in [1.29, 1.82) is 0 Å². The lowest BCUT2D eigenvalue weighted by atomic mass is 9.94. The molecule has 1 heterocycles. The van der Waals surface area contributed by atoms with E-state index in [1.165, 1.54) is 44.2 Å². The molecule has 1 saturated heterocycles. The lowest BCUT2D eigenvalue weighted by Gasteiger charge is -2.31. The summed E-state index contributed by atoms with van der Waals surface area (Å²) in [6, 6.07) is 6.46. The van der Waals surface area contributed by atoms with Crippen molar-refractivity contribution in [2.45, 2.75) is 56.8 Å². The van der Waals surface area contributed by atoms with Crippen LogP contribution in [0.25, 0.3) is 0 Å². The van der Waals surface area contributed by atoms with E-state index in [9.17, 15) is 13.2 Å². The first-order chi connectivity index (χ1) is 10.5. The Morgan fingerprint density at radius 1 is 1.05 bits per heavy atom. The minimum atomic E-state index is -4.28. The molecule has 2 nitrogen and oxygen atoms in total. The van der Waals surface area contributed by atoms with Crippen molar-refractivity contribution in [3.63, 3.8) is 0 Å². The van der Waals surface area contributed by atoms with Gasteiger partial charge < -0.3 is 5.32 Å². The molecule has 0 bridgehead atoms. The Labute approximate surface area is 129 Å². The maximum atomic E-state index is 12.8. The third-order valence-electron chi connectivity index (χ3n) is 4.87. The summed E-state index contributed by atoms with van der Waals surface area (Å²) >= 11 is 0. The highest BCUT2D eigenvalue weighted by Crippen LogP contribution is 2.31. The maximum absolute atomic E-state index is 12.8. The van der Waals surface area contributed by atoms with Gasteiger partial charge in [-0.2, -0.15) is 13.2 Å². The maximum Gasteiger partial charge on any atom is 0.416 e. The summed E-state index contributed by atoms with van der Waals surface area (Å²) in [6.07, 6.45) is 3.25. The quantitative estimate of drug-likeness (QED) is 0.882. The number of halogens is 3. The molecule has 1 aliphatic heterocycles. The Hall–Kier alpha value is -1.23. The number of nitrogens with zero attached hydrogens (tertiary/aromatic N) is 1. The molecule has 0 radical (unpaired) electrons. The number of alkyl halides is 3. The van der Waals surface area contributed by atoms with E-state index in [-0.39, 0.29) is 6.04 Å². The number of nitrogens with one attached hydrogen (secondary N) is 1. The Morgan fingerprint density at radius 2 is 1.82 bits per heavy atom. The first kappa shape index (κ1) is 15.7. The predicted molar refractivity (Wildman–Crippen MR) is 81.9 cm³/mol. The minimum absolute atomic E-state index is 0.255. The second kappa shape index (κ2) is 6.49. The Kier molecular flexibility index (Phi) is 4.62. The molecule has 0 amide bonds. The average Bonchev–Trinajstić information content (AvgIpc) is 2.96. The number of likely N-dealkylation sites (tertiary alicyclic amines) is 1. The van der Waals surface area contributed by atoms with Crippen molar-refractivity contribution in [2.24, 2.45) is 0 Å². The molecule has 1 aromatic carbocycles. The first-order valence-corrected chi connectivity index (χ1v) is 8.20. The summed E-state index contributed by atoms with van der Waals surface area (Å²) in [5.74, 6) is 0. The molecule has 122 valence electrons. The largest absolute Gasteiger partial charge is 0.416 e. The fourth-order valence-corrected chi connectivity index (χ4v) is 3.70. The predicted octanol–water partition coefficient (Wildman–Crippen LogP) is 4.52. The lowest BCUT2D eigenvalue weighted by molar-refractivity contribution is -0.137. The number of benzene rings is 1. The molecule has 1 aliphatic carbocycles. The lowest BCUT2D eigenvalue weighted by Crippen LogP contribution is -2.36. The van der Waals surface area contributed by atoms with Crippen molar-refractivity contribution in [2.75, 3.05) is 18.4 Å². The molecular weight excluding hydrogens is 289 g/mol. The first-order valence-electron chi connectivity index (χ1n) is 8.20. The van der Waals surface area contributed by atoms with Crippen LogP contribution in [0, 0.1) is 0 Å². The normalized spacial score (nSPS) is 24.6. The highest BCUT2D eigenvalue weighted by atomic mass is 19.4. The van der Waals surface area contributed by atoms with E-state index in [1.807, 2.05) is 0 Å². The van der Waals surface area contributed by atoms with E-state index < -0.39 is 11.7 Å². The summed E-state index contributed by atoms with van der Waals surface area (Å²) in [6.45, 7) is 2.00. The highest BCUT2D eigenvalue weighted by molar-refractivity contribution is 5.47. The standard InChI is InChI=1S/C17H23F3N2/c18-17(19,20)13-5-4-6-14(11-13)21-15-9-10-22(12-15)16-7-2-1-3-8-16/h4-6,11,15-16,21H,1-3,7-10,12H2. The Morgan fingerprint density at radius 3 is 2.55 bits per heavy atom. The molecule has 2 aliphatic rings. The van der Waals surface area contributed by atoms with E-state index in [0.29, 0.717) is 11.7 Å². The minimum Gasteiger partial charge on any atom is -0.381 e. The average molecular weight is 312 g/mol. The molecule has 1 N–H and O–H groups in total. The topological polar surface area (TPSA) is 15.3 Å². The van der Waals surface area contributed by atoms with Gasteiger partial charge in [0, 0.05) is 30.9 Å². The van der Waals surface area contributed by atoms with Crippen molar-refractivity contribution in [3.05, 3.63) is 29.8 Å². The van der Waals surface area contributed by atoms with Crippen LogP contribution in [0.3, 0.4) is 0 Å². The van der Waals surface area contributed by atoms with E-state index >= 15 is 0 Å². The number of hydrogen-bond acceptors (Lipinski definition) is 2. The zero-order valence-corrected chi connectivity index (χ0v) is 12.7. The Balaban J connectivity index is 1.58. The van der Waals surface area contributed by atoms with Gasteiger partial charge in [0.05, 0.1) is 5.56 Å². The number of hydrogen-bond donors (Lipinski definition) is 1. The monoisotopic (exact) mass is 312 g/mol. The van der Waals surface area contributed by atoms with Gasteiger partial charge in [0.15, 0.2) is 0 Å². The third kappa shape index (κ3) is 3.75. The second-order valence-corrected chi connectivity index (χ2v) is 6.50. The molecular formula is C17H23F3N2. The highest BCUT2D eigenvalue weighted by Gasteiger charge is 2.31. The van der Waals surface area contributed by atoms with Gasteiger partial charge in [-0.1, -0.05) is 25.3 Å². The van der Waals surface area contributed by atoms with Gasteiger partial charge >= 0.3 is 6.18 Å². The van der Waals surface area contributed by atoms with Crippen LogP contribution < -0.4 is 5.32 Å². The van der Waals surface area contributed by atoms with Crippen LogP contribution in [0.2, 0.25) is 0 Å². The molecule has 1 saturated carbocycles. The van der Waals surface area contributed by atoms with E-state index in [4.69, 9.17) is 0 Å². The molecule has 2 fully saturated rings. The van der Waals surface area contributed by atoms with Crippen LogP contribution >= 0.6 is 0 Å². The van der Waals surface area contributed by atoms with Crippen LogP contribution in [0.4, 0.5) is 18.9 Å². The fraction of sp³-hybridized carbons (Fsp3) is 0.647. The Bertz CT molecular complexity index is 495. The molecule has 22 heavy (non-hydrogen) atoms. The fourth-order valence-electron chi connectivity index (χ4n) is 3.70. The summed E-state index contributed by atoms with van der Waals surface area (Å²) in [5.41, 5.74) is -0.00930. The molecule has 3 rings (SSSR count). The number of rotatable bonds is 3. The zero-order chi connectivity index (χ0) is 15.6. The van der Waals surface area contributed by atoms with Crippen molar-refractivity contribution >= 4 is 5.69 Å². The summed E-state index contributed by atoms with van der Waals surface area (Å²) in [4.78, 5) is 2.52. The number of anilines is 1. The van der Waals surface area contributed by atoms with Gasteiger partial charge in [0.2, 0.25) is 0 Å². The summed E-state index contributed by atoms with van der Waals surface area (Å²) < 4.78 is 38.3. The molecule has 0 aromatic heterocycles. The molecule has 0 spiro atoms. The van der Waals surface area contributed by atoms with Crippen molar-refractivity contribution < 1.29 is 13.2 Å². The smallest absolute Gasteiger partial charge is 0.381 e. The van der Waals surface area contributed by atoms with Crippen LogP contribution in [0.1, 0.15) is 44.1 Å². The SMILES string of the molecule is FC(F)(F)c1cccc(NC2CCN(C3CCCCC3)C2)c1. The van der Waals surface area contributed by atoms with Crippen molar-refractivity contribution in [1.82, 2.24) is 4.90 Å². The van der Waals surface area contributed by atoms with Crippen LogP contribution in [0.15, 0.2) is 24.3 Å². The van der Waals surface area contributed by atoms with Gasteiger partial charge in [0.1, 0.15) is 0 Å². The molecule has 1 atom stereocenters. The van der Waals surface area contributed by atoms with Gasteiger partial charge in [0.25, 0.3) is 0 Å². The van der Waals surface area contributed by atoms with Gasteiger partial charge in [-0.3, -0.25) is 4.90 Å². The van der Waals surface area contributed by atoms with E-state index in [2.05, 4.69) is 10.2 Å². The molecule has 1 aromatic rings. The zero-order valence-electron chi connectivity index (χ0n) is 12.7. The van der Waals surface area contributed by atoms with Crippen LogP contribution in [-0.4, -0.2) is 30.1 Å². The van der Waals surface area contributed by atoms with Gasteiger partial charge in [-0.05, 0) is 37.5 Å². The second-order valence-electron chi connectivity index (χ2n) is 6.50. The van der Waals surface area contributed by atoms with Crippen molar-refractivity contribution in [3.8, 4) is 0 Å².